The van der Waals surface area contributed by atoms with Gasteiger partial charge in [0, 0.05) is 72.9 Å². The second kappa shape index (κ2) is 10.5. The van der Waals surface area contributed by atoms with Crippen molar-refractivity contribution >= 4 is 17.3 Å². The number of ether oxygens (including phenoxy) is 1. The number of amides is 1. The van der Waals surface area contributed by atoms with Gasteiger partial charge in [0.2, 0.25) is 0 Å². The summed E-state index contributed by atoms with van der Waals surface area (Å²) < 4.78 is 6.69. The standard InChI is InChI=1S/C34H38N4O2/c1-5-36-29-19-31-27(17-22(29)3)34(28-18-23(4)30(37-6-2)20-32(28)40-31)26-14-10-9-13-25(26)33(39)38(34)16-15-35-21-24-11-7-8-12-24/h7-11,13-14,17-20,35-37H,5-6,12,15-16,21H2,1-4H3. The molecule has 3 aromatic carbocycles. The molecule has 40 heavy (non-hydrogen) atoms. The van der Waals surface area contributed by atoms with E-state index in [-0.39, 0.29) is 5.91 Å². The van der Waals surface area contributed by atoms with Crippen molar-refractivity contribution in [3.05, 3.63) is 106 Å². The van der Waals surface area contributed by atoms with Gasteiger partial charge in [-0.15, -0.1) is 0 Å². The van der Waals surface area contributed by atoms with Crippen LogP contribution in [0.4, 0.5) is 11.4 Å². The second-order valence-electron chi connectivity index (χ2n) is 10.8. The number of nitrogens with zero attached hydrogens (tertiary/aromatic N) is 1. The lowest BCUT2D eigenvalue weighted by Crippen LogP contribution is -2.49. The Bertz CT molecular complexity index is 1480. The van der Waals surface area contributed by atoms with E-state index in [4.69, 9.17) is 4.74 Å². The monoisotopic (exact) mass is 534 g/mol. The Kier molecular flexibility index (Phi) is 6.88. The second-order valence-corrected chi connectivity index (χ2v) is 10.8. The molecule has 0 bridgehead atoms. The minimum absolute atomic E-state index is 0.0553. The first kappa shape index (κ1) is 26.2. The third kappa shape index (κ3) is 4.09. The summed E-state index contributed by atoms with van der Waals surface area (Å²) in [7, 11) is 0. The van der Waals surface area contributed by atoms with E-state index in [9.17, 15) is 4.79 Å². The molecule has 0 saturated heterocycles. The maximum absolute atomic E-state index is 14.3. The van der Waals surface area contributed by atoms with Crippen molar-refractivity contribution < 1.29 is 9.53 Å². The Hall–Kier alpha value is -4.03. The Morgan fingerprint density at radius 1 is 0.900 bits per heavy atom. The van der Waals surface area contributed by atoms with E-state index in [0.29, 0.717) is 13.1 Å². The first-order chi connectivity index (χ1) is 19.5. The van der Waals surface area contributed by atoms with Gasteiger partial charge in [-0.2, -0.15) is 0 Å². The summed E-state index contributed by atoms with van der Waals surface area (Å²) in [5.41, 5.74) is 8.71. The van der Waals surface area contributed by atoms with Gasteiger partial charge in [0.05, 0.1) is 0 Å². The van der Waals surface area contributed by atoms with Gasteiger partial charge < -0.3 is 25.6 Å². The minimum atomic E-state index is -0.794. The lowest BCUT2D eigenvalue weighted by atomic mass is 9.73. The highest BCUT2D eigenvalue weighted by Gasteiger charge is 2.56. The van der Waals surface area contributed by atoms with E-state index < -0.39 is 5.54 Å². The number of anilines is 2. The molecule has 1 amide bonds. The molecule has 0 aromatic heterocycles. The van der Waals surface area contributed by atoms with Crippen LogP contribution in [0, 0.1) is 13.8 Å². The number of allylic oxidation sites excluding steroid dienone is 3. The fourth-order valence-corrected chi connectivity index (χ4v) is 6.48. The molecule has 2 heterocycles. The van der Waals surface area contributed by atoms with Crippen molar-refractivity contribution in [3.8, 4) is 11.5 Å². The normalized spacial score (nSPS) is 15.9. The van der Waals surface area contributed by atoms with Crippen LogP contribution in [0.3, 0.4) is 0 Å². The van der Waals surface area contributed by atoms with Gasteiger partial charge in [-0.05, 0) is 69.0 Å². The Balaban J connectivity index is 1.54. The number of fused-ring (bicyclic) bond motifs is 6. The number of rotatable bonds is 9. The molecule has 0 fully saturated rings. The molecule has 6 nitrogen and oxygen atoms in total. The molecule has 0 unspecified atom stereocenters. The van der Waals surface area contributed by atoms with Gasteiger partial charge in [-0.25, -0.2) is 0 Å². The van der Waals surface area contributed by atoms with E-state index in [2.05, 4.69) is 97.1 Å². The number of carbonyl (C=O) groups excluding carboxylic acids is 1. The van der Waals surface area contributed by atoms with Gasteiger partial charge in [0.15, 0.2) is 0 Å². The summed E-state index contributed by atoms with van der Waals surface area (Å²) in [4.78, 5) is 16.3. The largest absolute Gasteiger partial charge is 0.456 e. The number of hydrogen-bond acceptors (Lipinski definition) is 5. The van der Waals surface area contributed by atoms with Crippen LogP contribution in [0.1, 0.15) is 58.4 Å². The van der Waals surface area contributed by atoms with Crippen molar-refractivity contribution in [2.24, 2.45) is 0 Å². The summed E-state index contributed by atoms with van der Waals surface area (Å²) >= 11 is 0. The topological polar surface area (TPSA) is 65.6 Å². The Labute approximate surface area is 237 Å². The van der Waals surface area contributed by atoms with Gasteiger partial charge in [0.25, 0.3) is 5.91 Å². The number of nitrogens with one attached hydrogen (secondary N) is 3. The average molecular weight is 535 g/mol. The number of aryl methyl sites for hydroxylation is 2. The highest BCUT2D eigenvalue weighted by atomic mass is 16.5. The number of carbonyl (C=O) groups is 1. The molecule has 2 aliphatic heterocycles. The zero-order valence-electron chi connectivity index (χ0n) is 23.9. The van der Waals surface area contributed by atoms with Crippen molar-refractivity contribution in [2.75, 3.05) is 43.4 Å². The van der Waals surface area contributed by atoms with Crippen molar-refractivity contribution in [1.82, 2.24) is 10.2 Å². The van der Waals surface area contributed by atoms with Crippen molar-refractivity contribution in [3.63, 3.8) is 0 Å². The van der Waals surface area contributed by atoms with Crippen molar-refractivity contribution in [2.45, 2.75) is 39.7 Å². The molecule has 0 atom stereocenters. The lowest BCUT2D eigenvalue weighted by Gasteiger charge is -2.45. The Morgan fingerprint density at radius 2 is 1.55 bits per heavy atom. The van der Waals surface area contributed by atoms with Gasteiger partial charge >= 0.3 is 0 Å². The third-order valence-electron chi connectivity index (χ3n) is 8.30. The minimum Gasteiger partial charge on any atom is -0.456 e. The van der Waals surface area contributed by atoms with Gasteiger partial charge in [-0.1, -0.05) is 42.0 Å². The van der Waals surface area contributed by atoms with Crippen LogP contribution in [0.25, 0.3) is 0 Å². The molecule has 3 N–H and O–H groups in total. The molecule has 1 aliphatic carbocycles. The quantitative estimate of drug-likeness (QED) is 0.274. The summed E-state index contributed by atoms with van der Waals surface area (Å²) in [5, 5.41) is 10.6. The summed E-state index contributed by atoms with van der Waals surface area (Å²) in [6.45, 7) is 12.1. The van der Waals surface area contributed by atoms with E-state index >= 15 is 0 Å². The molecule has 3 aromatic rings. The van der Waals surface area contributed by atoms with Crippen LogP contribution in [-0.4, -0.2) is 43.5 Å². The third-order valence-corrected chi connectivity index (χ3v) is 8.30. The highest BCUT2D eigenvalue weighted by molar-refractivity contribution is 6.02. The molecule has 6 rings (SSSR count). The van der Waals surface area contributed by atoms with E-state index in [1.807, 2.05) is 18.2 Å². The predicted octanol–water partition coefficient (Wildman–Crippen LogP) is 6.50. The zero-order valence-corrected chi connectivity index (χ0v) is 23.9. The molecule has 3 aliphatic rings. The van der Waals surface area contributed by atoms with E-state index in [1.165, 1.54) is 5.57 Å². The van der Waals surface area contributed by atoms with Crippen LogP contribution in [-0.2, 0) is 5.54 Å². The summed E-state index contributed by atoms with van der Waals surface area (Å²) in [6.07, 6.45) is 7.45. The van der Waals surface area contributed by atoms with Gasteiger partial charge in [0.1, 0.15) is 17.0 Å². The SMILES string of the molecule is CCNc1cc2c(cc1C)C1(c3cc(C)c(NCC)cc3O2)c2ccccc2C(=O)N1CCNCC1=CC=CC1. The fourth-order valence-electron chi connectivity index (χ4n) is 6.48. The average Bonchev–Trinajstić information content (AvgIpc) is 3.55. The van der Waals surface area contributed by atoms with E-state index in [0.717, 1.165) is 82.3 Å². The predicted molar refractivity (Wildman–Crippen MR) is 163 cm³/mol. The highest BCUT2D eigenvalue weighted by Crippen LogP contribution is 2.58. The lowest BCUT2D eigenvalue weighted by molar-refractivity contribution is 0.0668. The van der Waals surface area contributed by atoms with Crippen LogP contribution in [0.5, 0.6) is 11.5 Å². The first-order valence-electron chi connectivity index (χ1n) is 14.4. The van der Waals surface area contributed by atoms with E-state index in [1.54, 1.807) is 0 Å². The summed E-state index contributed by atoms with van der Waals surface area (Å²) in [6, 6.07) is 16.7. The van der Waals surface area contributed by atoms with Crippen LogP contribution in [0.15, 0.2) is 72.3 Å². The molecule has 206 valence electrons. The molecular weight excluding hydrogens is 496 g/mol. The summed E-state index contributed by atoms with van der Waals surface area (Å²) in [5.74, 6) is 1.62. The maximum atomic E-state index is 14.3. The van der Waals surface area contributed by atoms with Gasteiger partial charge in [-0.3, -0.25) is 4.79 Å². The molecular formula is C34H38N4O2. The zero-order chi connectivity index (χ0) is 27.9. The van der Waals surface area contributed by atoms with Crippen LogP contribution >= 0.6 is 0 Å². The van der Waals surface area contributed by atoms with Crippen LogP contribution in [0.2, 0.25) is 0 Å². The molecule has 6 heteroatoms. The fraction of sp³-hybridized carbons (Fsp3) is 0.324. The number of hydrogen-bond donors (Lipinski definition) is 3. The first-order valence-corrected chi connectivity index (χ1v) is 14.4. The van der Waals surface area contributed by atoms with Crippen molar-refractivity contribution in [1.29, 1.82) is 0 Å². The molecule has 0 saturated carbocycles. The number of benzene rings is 3. The molecule has 1 spiro atoms. The molecule has 0 radical (unpaired) electrons. The Morgan fingerprint density at radius 3 is 2.15 bits per heavy atom. The maximum Gasteiger partial charge on any atom is 0.255 e. The van der Waals surface area contributed by atoms with Crippen LogP contribution < -0.4 is 20.7 Å². The smallest absolute Gasteiger partial charge is 0.255 e.